The summed E-state index contributed by atoms with van der Waals surface area (Å²) in [5.74, 6) is 0.703. The van der Waals surface area contributed by atoms with Gasteiger partial charge in [-0.2, -0.15) is 0 Å². The highest BCUT2D eigenvalue weighted by molar-refractivity contribution is 14.0. The van der Waals surface area contributed by atoms with Crippen LogP contribution in [-0.2, 0) is 0 Å². The van der Waals surface area contributed by atoms with E-state index in [0.29, 0.717) is 24.9 Å². The second kappa shape index (κ2) is 6.74. The topological polar surface area (TPSA) is 59.6 Å². The van der Waals surface area contributed by atoms with Crippen LogP contribution in [0.4, 0.5) is 4.39 Å². The van der Waals surface area contributed by atoms with Crippen LogP contribution >= 0.6 is 24.0 Å². The monoisotopic (exact) mass is 377 g/mol. The molecular formula is C13H17FIN3O. The summed E-state index contributed by atoms with van der Waals surface area (Å²) < 4.78 is 18.6. The number of rotatable bonds is 3. The Morgan fingerprint density at radius 3 is 3.05 bits per heavy atom. The molecule has 1 aliphatic heterocycles. The number of hydrogen-bond acceptors (Lipinski definition) is 2. The first-order valence-corrected chi connectivity index (χ1v) is 5.69. The number of guanidine groups is 1. The zero-order chi connectivity index (χ0) is 13.1. The van der Waals surface area contributed by atoms with E-state index in [-0.39, 0.29) is 35.8 Å². The van der Waals surface area contributed by atoms with Crippen LogP contribution in [0, 0.1) is 5.82 Å². The molecule has 1 aromatic carbocycles. The second-order valence-electron chi connectivity index (χ2n) is 4.35. The lowest BCUT2D eigenvalue weighted by molar-refractivity contribution is 0.324. The van der Waals surface area contributed by atoms with Gasteiger partial charge in [-0.05, 0) is 25.1 Å². The van der Waals surface area contributed by atoms with Crippen LogP contribution in [0.5, 0.6) is 5.75 Å². The van der Waals surface area contributed by atoms with E-state index in [9.17, 15) is 4.39 Å². The van der Waals surface area contributed by atoms with Gasteiger partial charge in [0.15, 0.2) is 5.96 Å². The normalized spacial score (nSPS) is 17.2. The van der Waals surface area contributed by atoms with Gasteiger partial charge < -0.3 is 15.8 Å². The molecule has 0 bridgehead atoms. The molecule has 1 aliphatic rings. The summed E-state index contributed by atoms with van der Waals surface area (Å²) in [6.45, 7) is 6.51. The summed E-state index contributed by atoms with van der Waals surface area (Å²) in [5.41, 5.74) is 7.44. The van der Waals surface area contributed by atoms with E-state index in [1.807, 2.05) is 6.92 Å². The third-order valence-corrected chi connectivity index (χ3v) is 2.59. The van der Waals surface area contributed by atoms with Crippen molar-refractivity contribution in [3.8, 4) is 5.75 Å². The quantitative estimate of drug-likeness (QED) is 0.368. The number of nitrogens with one attached hydrogen (secondary N) is 1. The number of aliphatic imine (C=N–C) groups is 1. The molecule has 0 aromatic heterocycles. The number of ether oxygens (including phenoxy) is 1. The van der Waals surface area contributed by atoms with Gasteiger partial charge in [-0.15, -0.1) is 24.0 Å². The SMILES string of the molecule is C=C(C)CN=C(N)NC1COc2ccc(F)cc21.I. The highest BCUT2D eigenvalue weighted by Gasteiger charge is 2.24. The first-order chi connectivity index (χ1) is 8.56. The number of hydrogen-bond donors (Lipinski definition) is 2. The van der Waals surface area contributed by atoms with Gasteiger partial charge in [0.1, 0.15) is 18.2 Å². The Morgan fingerprint density at radius 1 is 1.63 bits per heavy atom. The molecule has 104 valence electrons. The number of nitrogens with zero attached hydrogens (tertiary/aromatic N) is 1. The standard InChI is InChI=1S/C13H16FN3O.HI/c1-8(2)6-16-13(15)17-11-7-18-12-4-3-9(14)5-10(11)12;/h3-5,11H,1,6-7H2,2H3,(H3,15,16,17);1H. The summed E-state index contributed by atoms with van der Waals surface area (Å²) in [5, 5.41) is 3.01. The maximum absolute atomic E-state index is 13.2. The summed E-state index contributed by atoms with van der Waals surface area (Å²) in [4.78, 5) is 4.12. The Bertz CT molecular complexity index is 505. The fourth-order valence-corrected chi connectivity index (χ4v) is 1.75. The Hall–Kier alpha value is -1.31. The number of benzene rings is 1. The zero-order valence-electron chi connectivity index (χ0n) is 10.6. The third-order valence-electron chi connectivity index (χ3n) is 2.59. The third kappa shape index (κ3) is 4.09. The minimum atomic E-state index is -0.288. The largest absolute Gasteiger partial charge is 0.491 e. The molecule has 0 radical (unpaired) electrons. The van der Waals surface area contributed by atoms with Gasteiger partial charge in [-0.1, -0.05) is 12.2 Å². The van der Waals surface area contributed by atoms with Gasteiger partial charge in [-0.25, -0.2) is 9.38 Å². The minimum absolute atomic E-state index is 0. The molecule has 1 atom stereocenters. The van der Waals surface area contributed by atoms with Crippen molar-refractivity contribution in [3.63, 3.8) is 0 Å². The zero-order valence-corrected chi connectivity index (χ0v) is 13.0. The van der Waals surface area contributed by atoms with Gasteiger partial charge in [0, 0.05) is 5.56 Å². The van der Waals surface area contributed by atoms with Gasteiger partial charge >= 0.3 is 0 Å². The highest BCUT2D eigenvalue weighted by atomic mass is 127. The van der Waals surface area contributed by atoms with Crippen molar-refractivity contribution in [2.45, 2.75) is 13.0 Å². The van der Waals surface area contributed by atoms with E-state index >= 15 is 0 Å². The molecule has 2 rings (SSSR count). The van der Waals surface area contributed by atoms with Gasteiger partial charge in [0.05, 0.1) is 12.6 Å². The van der Waals surface area contributed by atoms with E-state index in [2.05, 4.69) is 16.9 Å². The molecule has 0 fully saturated rings. The molecule has 0 aliphatic carbocycles. The Morgan fingerprint density at radius 2 is 2.37 bits per heavy atom. The fourth-order valence-electron chi connectivity index (χ4n) is 1.75. The van der Waals surface area contributed by atoms with Crippen molar-refractivity contribution in [2.75, 3.05) is 13.2 Å². The van der Waals surface area contributed by atoms with Crippen LogP contribution in [0.1, 0.15) is 18.5 Å². The predicted molar refractivity (Wildman–Crippen MR) is 84.5 cm³/mol. The molecule has 1 aromatic rings. The molecule has 0 saturated carbocycles. The second-order valence-corrected chi connectivity index (χ2v) is 4.35. The number of fused-ring (bicyclic) bond motifs is 1. The summed E-state index contributed by atoms with van der Waals surface area (Å²) in [6.07, 6.45) is 0. The molecule has 1 unspecified atom stereocenters. The molecule has 0 saturated heterocycles. The van der Waals surface area contributed by atoms with E-state index in [1.54, 1.807) is 6.07 Å². The first kappa shape index (κ1) is 15.7. The highest BCUT2D eigenvalue weighted by Crippen LogP contribution is 2.32. The summed E-state index contributed by atoms with van der Waals surface area (Å²) >= 11 is 0. The molecule has 6 heteroatoms. The molecule has 0 amide bonds. The maximum Gasteiger partial charge on any atom is 0.189 e. The average molecular weight is 377 g/mol. The van der Waals surface area contributed by atoms with Crippen LogP contribution < -0.4 is 15.8 Å². The minimum Gasteiger partial charge on any atom is -0.491 e. The molecule has 3 N–H and O–H groups in total. The molecular weight excluding hydrogens is 360 g/mol. The smallest absolute Gasteiger partial charge is 0.189 e. The van der Waals surface area contributed by atoms with Crippen molar-refractivity contribution in [1.82, 2.24) is 5.32 Å². The maximum atomic E-state index is 13.2. The molecule has 19 heavy (non-hydrogen) atoms. The van der Waals surface area contributed by atoms with Crippen molar-refractivity contribution >= 4 is 29.9 Å². The first-order valence-electron chi connectivity index (χ1n) is 5.69. The van der Waals surface area contributed by atoms with E-state index < -0.39 is 0 Å². The van der Waals surface area contributed by atoms with Crippen LogP contribution in [0.15, 0.2) is 35.3 Å². The molecule has 4 nitrogen and oxygen atoms in total. The van der Waals surface area contributed by atoms with Crippen LogP contribution in [0.2, 0.25) is 0 Å². The van der Waals surface area contributed by atoms with E-state index in [1.165, 1.54) is 12.1 Å². The van der Waals surface area contributed by atoms with E-state index in [0.717, 1.165) is 11.1 Å². The summed E-state index contributed by atoms with van der Waals surface area (Å²) in [6, 6.07) is 4.28. The van der Waals surface area contributed by atoms with Crippen molar-refractivity contribution < 1.29 is 9.13 Å². The lowest BCUT2D eigenvalue weighted by Gasteiger charge is -2.12. The van der Waals surface area contributed by atoms with Crippen LogP contribution in [0.25, 0.3) is 0 Å². The summed E-state index contributed by atoms with van der Waals surface area (Å²) in [7, 11) is 0. The van der Waals surface area contributed by atoms with Crippen molar-refractivity contribution in [2.24, 2.45) is 10.7 Å². The lowest BCUT2D eigenvalue weighted by atomic mass is 10.1. The molecule has 0 spiro atoms. The number of halogens is 2. The van der Waals surface area contributed by atoms with Crippen LogP contribution in [0.3, 0.4) is 0 Å². The molecule has 1 heterocycles. The predicted octanol–water partition coefficient (Wildman–Crippen LogP) is 2.36. The van der Waals surface area contributed by atoms with E-state index in [4.69, 9.17) is 10.5 Å². The van der Waals surface area contributed by atoms with Crippen LogP contribution in [-0.4, -0.2) is 19.1 Å². The lowest BCUT2D eigenvalue weighted by Crippen LogP contribution is -2.36. The van der Waals surface area contributed by atoms with Gasteiger partial charge in [0.2, 0.25) is 0 Å². The van der Waals surface area contributed by atoms with Crippen molar-refractivity contribution in [3.05, 3.63) is 41.7 Å². The Kier molecular flexibility index (Phi) is 5.59. The fraction of sp³-hybridized carbons (Fsp3) is 0.308. The Labute approximate surface area is 128 Å². The van der Waals surface area contributed by atoms with Gasteiger partial charge in [0.25, 0.3) is 0 Å². The number of nitrogens with two attached hydrogens (primary N) is 1. The Balaban J connectivity index is 0.00000180. The average Bonchev–Trinajstić information content (AvgIpc) is 2.69. The van der Waals surface area contributed by atoms with Crippen molar-refractivity contribution in [1.29, 1.82) is 0 Å². The van der Waals surface area contributed by atoms with Gasteiger partial charge in [-0.3, -0.25) is 0 Å².